The fourth-order valence-corrected chi connectivity index (χ4v) is 6.00. The van der Waals surface area contributed by atoms with Gasteiger partial charge in [0.05, 0.1) is 11.4 Å². The second kappa shape index (κ2) is 12.3. The zero-order valence-electron chi connectivity index (χ0n) is 26.3. The highest BCUT2D eigenvalue weighted by Crippen LogP contribution is 2.39. The fraction of sp³-hybridized carbons (Fsp3) is 0.406. The van der Waals surface area contributed by atoms with Crippen LogP contribution in [0.1, 0.15) is 46.6 Å². The standard InChI is InChI=1S/C21H26N4O4.C11H10BrN3O2/c1-13-19(26)23-22-18-12-28-17-6-5-15(11-16(17)25(13)18)14-7-9-24(10-8-14)20(27)29-21(2,3)4;1-6-11(16)14-13-10-5-17-9-3-2-7(12)4-8(9)15(6)10/h5-7,11,13H,8-10,12H2,1-4H3,(H,23,26);2-4,6H,5H2,1H3,(H,14,16). The van der Waals surface area contributed by atoms with Crippen molar-refractivity contribution < 1.29 is 28.6 Å². The van der Waals surface area contributed by atoms with E-state index in [0.29, 0.717) is 32.1 Å². The molecule has 46 heavy (non-hydrogen) atoms. The third-order valence-corrected chi connectivity index (χ3v) is 8.52. The number of hydrogen-bond donors (Lipinski definition) is 2. The van der Waals surface area contributed by atoms with Crippen LogP contribution < -0.4 is 30.1 Å². The summed E-state index contributed by atoms with van der Waals surface area (Å²) < 4.78 is 17.8. The minimum atomic E-state index is -0.504. The molecule has 0 bridgehead atoms. The summed E-state index contributed by atoms with van der Waals surface area (Å²) in [5.41, 5.74) is 8.44. The third-order valence-electron chi connectivity index (χ3n) is 8.02. The number of hydrazone groups is 2. The zero-order valence-corrected chi connectivity index (χ0v) is 27.9. The summed E-state index contributed by atoms with van der Waals surface area (Å²) in [6, 6.07) is 11.1. The van der Waals surface area contributed by atoms with Gasteiger partial charge in [0, 0.05) is 17.6 Å². The molecule has 2 aromatic rings. The lowest BCUT2D eigenvalue weighted by Gasteiger charge is -2.38. The van der Waals surface area contributed by atoms with Crippen LogP contribution in [0.2, 0.25) is 0 Å². The predicted octanol–water partition coefficient (Wildman–Crippen LogP) is 4.22. The first-order valence-corrected chi connectivity index (χ1v) is 15.9. The molecule has 5 aliphatic heterocycles. The Morgan fingerprint density at radius 2 is 1.48 bits per heavy atom. The van der Waals surface area contributed by atoms with Gasteiger partial charge in [0.15, 0.2) is 11.7 Å². The van der Waals surface area contributed by atoms with Crippen molar-refractivity contribution in [3.05, 3.63) is 52.5 Å². The predicted molar refractivity (Wildman–Crippen MR) is 177 cm³/mol. The molecule has 5 aliphatic rings. The number of anilines is 2. The highest BCUT2D eigenvalue weighted by atomic mass is 79.9. The number of nitrogens with one attached hydrogen (secondary N) is 2. The first-order chi connectivity index (χ1) is 21.9. The minimum Gasteiger partial charge on any atom is -0.483 e. The summed E-state index contributed by atoms with van der Waals surface area (Å²) in [7, 11) is 0. The zero-order chi connectivity index (χ0) is 32.7. The Hall–Kier alpha value is -4.59. The van der Waals surface area contributed by atoms with E-state index < -0.39 is 5.60 Å². The Labute approximate surface area is 275 Å². The molecule has 2 N–H and O–H groups in total. The van der Waals surface area contributed by atoms with E-state index in [1.54, 1.807) is 4.90 Å². The van der Waals surface area contributed by atoms with Gasteiger partial charge in [0.2, 0.25) is 0 Å². The van der Waals surface area contributed by atoms with Gasteiger partial charge < -0.3 is 28.9 Å². The number of carbonyl (C=O) groups is 3. The lowest BCUT2D eigenvalue weighted by molar-refractivity contribution is -0.123. The van der Waals surface area contributed by atoms with Crippen molar-refractivity contribution in [1.82, 2.24) is 15.8 Å². The van der Waals surface area contributed by atoms with Crippen LogP contribution in [0, 0.1) is 0 Å². The third kappa shape index (κ3) is 6.26. The Bertz CT molecular complexity index is 1680. The number of nitrogens with zero attached hydrogens (tertiary/aromatic N) is 5. The van der Waals surface area contributed by atoms with Gasteiger partial charge in [-0.15, -0.1) is 0 Å². The second-order valence-electron chi connectivity index (χ2n) is 12.4. The van der Waals surface area contributed by atoms with Gasteiger partial charge in [0.1, 0.15) is 42.4 Å². The smallest absolute Gasteiger partial charge is 0.410 e. The van der Waals surface area contributed by atoms with Crippen molar-refractivity contribution in [3.63, 3.8) is 0 Å². The summed E-state index contributed by atoms with van der Waals surface area (Å²) >= 11 is 3.42. The van der Waals surface area contributed by atoms with Crippen molar-refractivity contribution in [2.45, 2.75) is 58.7 Å². The minimum absolute atomic E-state index is 0.110. The number of amidine groups is 2. The fourth-order valence-electron chi connectivity index (χ4n) is 5.65. The summed E-state index contributed by atoms with van der Waals surface area (Å²) in [5, 5.41) is 8.14. The Balaban J connectivity index is 0.000000185. The van der Waals surface area contributed by atoms with E-state index in [1.165, 1.54) is 0 Å². The molecule has 2 aromatic carbocycles. The van der Waals surface area contributed by atoms with E-state index in [0.717, 1.165) is 50.7 Å². The maximum Gasteiger partial charge on any atom is 0.410 e. The molecule has 2 unspecified atom stereocenters. The monoisotopic (exact) mass is 693 g/mol. The number of fused-ring (bicyclic) bond motifs is 6. The van der Waals surface area contributed by atoms with Crippen molar-refractivity contribution >= 4 is 62.5 Å². The number of amides is 3. The Morgan fingerprint density at radius 1 is 0.913 bits per heavy atom. The number of benzene rings is 2. The molecule has 14 heteroatoms. The van der Waals surface area contributed by atoms with E-state index in [1.807, 2.05) is 80.8 Å². The maximum atomic E-state index is 12.3. The van der Waals surface area contributed by atoms with E-state index in [2.05, 4.69) is 43.1 Å². The van der Waals surface area contributed by atoms with E-state index >= 15 is 0 Å². The second-order valence-corrected chi connectivity index (χ2v) is 13.3. The van der Waals surface area contributed by atoms with Crippen molar-refractivity contribution in [3.8, 4) is 11.5 Å². The van der Waals surface area contributed by atoms with Crippen LogP contribution in [0.15, 0.2) is 57.1 Å². The van der Waals surface area contributed by atoms with Crippen molar-refractivity contribution in [1.29, 1.82) is 0 Å². The molecule has 0 saturated heterocycles. The van der Waals surface area contributed by atoms with Crippen LogP contribution >= 0.6 is 15.9 Å². The first-order valence-electron chi connectivity index (χ1n) is 15.1. The number of carbonyl (C=O) groups excluding carboxylic acids is 3. The molecule has 3 amide bonds. The largest absolute Gasteiger partial charge is 0.483 e. The van der Waals surface area contributed by atoms with Crippen LogP contribution in [0.3, 0.4) is 0 Å². The molecule has 13 nitrogen and oxygen atoms in total. The number of halogens is 1. The molecule has 2 atom stereocenters. The molecular weight excluding hydrogens is 658 g/mol. The maximum absolute atomic E-state index is 12.3. The molecule has 0 saturated carbocycles. The average Bonchev–Trinajstić information content (AvgIpc) is 3.03. The molecule has 242 valence electrons. The van der Waals surface area contributed by atoms with Crippen LogP contribution in [-0.4, -0.2) is 78.5 Å². The van der Waals surface area contributed by atoms with Crippen LogP contribution in [0.4, 0.5) is 16.2 Å². The van der Waals surface area contributed by atoms with Crippen molar-refractivity contribution in [2.24, 2.45) is 10.2 Å². The van der Waals surface area contributed by atoms with E-state index in [4.69, 9.17) is 14.2 Å². The summed E-state index contributed by atoms with van der Waals surface area (Å²) in [6.07, 6.45) is 2.50. The number of hydrogen-bond acceptors (Lipinski definition) is 10. The molecule has 0 radical (unpaired) electrons. The Kier molecular flexibility index (Phi) is 8.40. The van der Waals surface area contributed by atoms with E-state index in [9.17, 15) is 14.4 Å². The summed E-state index contributed by atoms with van der Waals surface area (Å²) in [4.78, 5) is 41.5. The summed E-state index contributed by atoms with van der Waals surface area (Å²) in [5.74, 6) is 2.67. The average molecular weight is 695 g/mol. The normalized spacial score (nSPS) is 21.5. The SMILES string of the molecule is CC1C(=O)NN=C2COc3ccc(Br)cc3N21.CC1C(=O)NN=C2COc3ccc(C4=CCN(C(=O)OC(C)(C)C)CC4)cc3N21. The van der Waals surface area contributed by atoms with Gasteiger partial charge in [-0.25, -0.2) is 15.6 Å². The highest BCUT2D eigenvalue weighted by Gasteiger charge is 2.36. The lowest BCUT2D eigenvalue weighted by atomic mass is 9.98. The Morgan fingerprint density at radius 3 is 2.02 bits per heavy atom. The number of ether oxygens (including phenoxy) is 3. The lowest BCUT2D eigenvalue weighted by Crippen LogP contribution is -2.55. The first kappa shape index (κ1) is 31.4. The van der Waals surface area contributed by atoms with E-state index in [-0.39, 0.29) is 30.0 Å². The van der Waals surface area contributed by atoms with Crippen molar-refractivity contribution in [2.75, 3.05) is 36.1 Å². The molecular formula is C32H36BrN7O6. The van der Waals surface area contributed by atoms with Gasteiger partial charge in [0.25, 0.3) is 11.8 Å². The van der Waals surface area contributed by atoms with Gasteiger partial charge in [-0.3, -0.25) is 9.59 Å². The molecule has 0 aliphatic carbocycles. The molecule has 0 fully saturated rings. The van der Waals surface area contributed by atoms with Gasteiger partial charge in [-0.1, -0.05) is 28.1 Å². The van der Waals surface area contributed by atoms with Crippen LogP contribution in [-0.2, 0) is 14.3 Å². The molecule has 7 rings (SSSR count). The number of rotatable bonds is 1. The molecule has 0 aromatic heterocycles. The summed E-state index contributed by atoms with van der Waals surface area (Å²) in [6.45, 7) is 11.1. The van der Waals surface area contributed by atoms with Gasteiger partial charge in [-0.2, -0.15) is 10.2 Å². The molecule has 5 heterocycles. The van der Waals surface area contributed by atoms with Gasteiger partial charge in [-0.05, 0) is 82.5 Å². The van der Waals surface area contributed by atoms with Crippen LogP contribution in [0.5, 0.6) is 11.5 Å². The quantitative estimate of drug-likeness (QED) is 0.453. The topological polar surface area (TPSA) is 137 Å². The molecule has 0 spiro atoms. The highest BCUT2D eigenvalue weighted by molar-refractivity contribution is 9.10. The van der Waals surface area contributed by atoms with Gasteiger partial charge >= 0.3 is 6.09 Å². The van der Waals surface area contributed by atoms with Crippen LogP contribution in [0.25, 0.3) is 5.57 Å².